The molecule has 162 valence electrons. The Balaban J connectivity index is 1.36. The summed E-state index contributed by atoms with van der Waals surface area (Å²) in [5, 5.41) is 7.20. The van der Waals surface area contributed by atoms with Gasteiger partial charge in [-0.2, -0.15) is 9.40 Å². The van der Waals surface area contributed by atoms with Gasteiger partial charge in [0.05, 0.1) is 30.0 Å². The van der Waals surface area contributed by atoms with Crippen LogP contribution in [0.2, 0.25) is 0 Å². The van der Waals surface area contributed by atoms with E-state index < -0.39 is 10.0 Å². The molecule has 1 aromatic heterocycles. The summed E-state index contributed by atoms with van der Waals surface area (Å²) in [4.78, 5) is 12.7. The van der Waals surface area contributed by atoms with Gasteiger partial charge in [0, 0.05) is 31.4 Å². The zero-order chi connectivity index (χ0) is 21.7. The van der Waals surface area contributed by atoms with Crippen LogP contribution in [0.15, 0.2) is 71.9 Å². The molecular weight excluding hydrogens is 416 g/mol. The third-order valence-corrected chi connectivity index (χ3v) is 6.95. The number of carbonyl (C=O) groups is 1. The predicted molar refractivity (Wildman–Crippen MR) is 116 cm³/mol. The minimum atomic E-state index is -3.64. The Hall–Kier alpha value is -3.01. The van der Waals surface area contributed by atoms with E-state index in [4.69, 9.17) is 4.74 Å². The van der Waals surface area contributed by atoms with Crippen LogP contribution in [0.25, 0.3) is 5.69 Å². The molecule has 4 rings (SSSR count). The molecule has 0 saturated carbocycles. The molecule has 1 aliphatic heterocycles. The van der Waals surface area contributed by atoms with Crippen molar-refractivity contribution in [3.05, 3.63) is 78.1 Å². The number of nitrogens with zero attached hydrogens (tertiary/aromatic N) is 3. The van der Waals surface area contributed by atoms with Crippen LogP contribution in [-0.4, -0.2) is 61.3 Å². The summed E-state index contributed by atoms with van der Waals surface area (Å²) >= 11 is 0. The van der Waals surface area contributed by atoms with Crippen molar-refractivity contribution in [3.63, 3.8) is 0 Å². The lowest BCUT2D eigenvalue weighted by molar-refractivity contribution is 0.0730. The number of carbonyl (C=O) groups excluding carboxylic acids is 1. The summed E-state index contributed by atoms with van der Waals surface area (Å²) in [6.07, 6.45) is 4.32. The number of nitrogens with one attached hydrogen (secondary N) is 1. The first-order chi connectivity index (χ1) is 15.0. The Labute approximate surface area is 181 Å². The second kappa shape index (κ2) is 9.42. The Kier molecular flexibility index (Phi) is 6.45. The van der Waals surface area contributed by atoms with E-state index in [9.17, 15) is 13.2 Å². The highest BCUT2D eigenvalue weighted by atomic mass is 32.2. The van der Waals surface area contributed by atoms with Gasteiger partial charge in [0.25, 0.3) is 5.91 Å². The van der Waals surface area contributed by atoms with Crippen LogP contribution < -0.4 is 5.32 Å². The maximum absolute atomic E-state index is 12.8. The van der Waals surface area contributed by atoms with E-state index in [2.05, 4.69) is 10.4 Å². The highest BCUT2D eigenvalue weighted by Crippen LogP contribution is 2.18. The fraction of sp³-hybridized carbons (Fsp3) is 0.273. The summed E-state index contributed by atoms with van der Waals surface area (Å²) in [5.74, 6) is -0.311. The quantitative estimate of drug-likeness (QED) is 0.605. The van der Waals surface area contributed by atoms with Gasteiger partial charge in [-0.3, -0.25) is 4.79 Å². The topological polar surface area (TPSA) is 93.5 Å². The second-order valence-corrected chi connectivity index (χ2v) is 9.12. The van der Waals surface area contributed by atoms with Gasteiger partial charge in [-0.1, -0.05) is 24.3 Å². The molecule has 0 unspecified atom stereocenters. The van der Waals surface area contributed by atoms with Crippen LogP contribution in [0.4, 0.5) is 0 Å². The lowest BCUT2D eigenvalue weighted by Crippen LogP contribution is -2.40. The van der Waals surface area contributed by atoms with Crippen LogP contribution >= 0.6 is 0 Å². The Morgan fingerprint density at radius 3 is 2.61 bits per heavy atom. The number of ether oxygens (including phenoxy) is 1. The molecule has 3 aromatic rings. The molecule has 1 saturated heterocycles. The van der Waals surface area contributed by atoms with E-state index in [0.29, 0.717) is 44.8 Å². The molecule has 31 heavy (non-hydrogen) atoms. The Bertz CT molecular complexity index is 1140. The number of para-hydroxylation sites is 1. The van der Waals surface area contributed by atoms with Gasteiger partial charge >= 0.3 is 0 Å². The number of amides is 1. The first kappa shape index (κ1) is 21.2. The highest BCUT2D eigenvalue weighted by Gasteiger charge is 2.26. The molecule has 2 heterocycles. The number of hydrogen-bond acceptors (Lipinski definition) is 5. The third kappa shape index (κ3) is 5.01. The van der Waals surface area contributed by atoms with Crippen molar-refractivity contribution in [2.45, 2.75) is 11.3 Å². The smallest absolute Gasteiger partial charge is 0.251 e. The number of aromatic nitrogens is 2. The van der Waals surface area contributed by atoms with E-state index in [0.717, 1.165) is 11.3 Å². The molecule has 1 aliphatic rings. The van der Waals surface area contributed by atoms with Crippen molar-refractivity contribution < 1.29 is 17.9 Å². The minimum absolute atomic E-state index is 0.117. The first-order valence-electron chi connectivity index (χ1n) is 10.1. The number of benzene rings is 2. The van der Waals surface area contributed by atoms with Gasteiger partial charge in [0.2, 0.25) is 10.0 Å². The molecule has 0 aliphatic carbocycles. The van der Waals surface area contributed by atoms with E-state index in [1.807, 2.05) is 36.5 Å². The minimum Gasteiger partial charge on any atom is -0.379 e. The normalized spacial score (nSPS) is 15.0. The maximum atomic E-state index is 12.8. The molecule has 2 aromatic carbocycles. The average Bonchev–Trinajstić information content (AvgIpc) is 3.29. The fourth-order valence-corrected chi connectivity index (χ4v) is 4.82. The molecule has 1 amide bonds. The maximum Gasteiger partial charge on any atom is 0.251 e. The molecular formula is C22H24N4O4S. The SMILES string of the molecule is O=C(NCCc1cnn(-c2ccccc2)c1)c1cccc(S(=O)(=O)N2CCOCC2)c1. The lowest BCUT2D eigenvalue weighted by Gasteiger charge is -2.26. The van der Waals surface area contributed by atoms with Crippen LogP contribution in [0.3, 0.4) is 0 Å². The summed E-state index contributed by atoms with van der Waals surface area (Å²) < 4.78 is 34.0. The van der Waals surface area contributed by atoms with Crippen LogP contribution in [-0.2, 0) is 21.2 Å². The molecule has 9 heteroatoms. The van der Waals surface area contributed by atoms with E-state index in [1.54, 1.807) is 23.0 Å². The van der Waals surface area contributed by atoms with Gasteiger partial charge in [0.1, 0.15) is 0 Å². The molecule has 0 spiro atoms. The number of sulfonamides is 1. The average molecular weight is 441 g/mol. The monoisotopic (exact) mass is 440 g/mol. The van der Waals surface area contributed by atoms with Crippen LogP contribution in [0.5, 0.6) is 0 Å². The van der Waals surface area contributed by atoms with Crippen molar-refractivity contribution in [3.8, 4) is 5.69 Å². The van der Waals surface area contributed by atoms with Crippen molar-refractivity contribution >= 4 is 15.9 Å². The predicted octanol–water partition coefficient (Wildman–Crippen LogP) is 1.87. The third-order valence-electron chi connectivity index (χ3n) is 5.06. The molecule has 0 radical (unpaired) electrons. The highest BCUT2D eigenvalue weighted by molar-refractivity contribution is 7.89. The molecule has 0 atom stereocenters. The first-order valence-corrected chi connectivity index (χ1v) is 11.5. The van der Waals surface area contributed by atoms with E-state index in [1.165, 1.54) is 16.4 Å². The summed E-state index contributed by atoms with van der Waals surface area (Å²) in [6.45, 7) is 1.80. The molecule has 1 N–H and O–H groups in total. The van der Waals surface area contributed by atoms with Gasteiger partial charge in [-0.05, 0) is 42.3 Å². The zero-order valence-corrected chi connectivity index (χ0v) is 17.8. The lowest BCUT2D eigenvalue weighted by atomic mass is 10.2. The fourth-order valence-electron chi connectivity index (χ4n) is 3.37. The summed E-state index contributed by atoms with van der Waals surface area (Å²) in [6, 6.07) is 15.9. The van der Waals surface area contributed by atoms with Gasteiger partial charge in [-0.15, -0.1) is 0 Å². The van der Waals surface area contributed by atoms with E-state index >= 15 is 0 Å². The van der Waals surface area contributed by atoms with Crippen LogP contribution in [0.1, 0.15) is 15.9 Å². The standard InChI is InChI=1S/C22H24N4O4S/c27-22(23-10-9-18-16-24-26(17-18)20-6-2-1-3-7-20)19-5-4-8-21(15-19)31(28,29)25-11-13-30-14-12-25/h1-8,15-17H,9-14H2,(H,23,27). The molecule has 0 bridgehead atoms. The number of hydrogen-bond donors (Lipinski definition) is 1. The van der Waals surface area contributed by atoms with Crippen molar-refractivity contribution in [1.29, 1.82) is 0 Å². The molecule has 1 fully saturated rings. The van der Waals surface area contributed by atoms with Crippen molar-refractivity contribution in [1.82, 2.24) is 19.4 Å². The van der Waals surface area contributed by atoms with E-state index in [-0.39, 0.29) is 10.8 Å². The summed E-state index contributed by atoms with van der Waals surface area (Å²) in [7, 11) is -3.64. The van der Waals surface area contributed by atoms with Crippen molar-refractivity contribution in [2.24, 2.45) is 0 Å². The van der Waals surface area contributed by atoms with Crippen LogP contribution in [0, 0.1) is 0 Å². The second-order valence-electron chi connectivity index (χ2n) is 7.18. The number of morpholine rings is 1. The molecule has 8 nitrogen and oxygen atoms in total. The Morgan fingerprint density at radius 1 is 1.06 bits per heavy atom. The Morgan fingerprint density at radius 2 is 1.84 bits per heavy atom. The van der Waals surface area contributed by atoms with Gasteiger partial charge in [-0.25, -0.2) is 13.1 Å². The van der Waals surface area contributed by atoms with Gasteiger partial charge in [0.15, 0.2) is 0 Å². The van der Waals surface area contributed by atoms with Gasteiger partial charge < -0.3 is 10.1 Å². The van der Waals surface area contributed by atoms with Crippen molar-refractivity contribution in [2.75, 3.05) is 32.8 Å². The largest absolute Gasteiger partial charge is 0.379 e. The zero-order valence-electron chi connectivity index (χ0n) is 17.0. The number of rotatable bonds is 7. The summed E-state index contributed by atoms with van der Waals surface area (Å²) in [5.41, 5.74) is 2.28.